The predicted molar refractivity (Wildman–Crippen MR) is 127 cm³/mol. The van der Waals surface area contributed by atoms with E-state index in [0.717, 1.165) is 11.3 Å². The van der Waals surface area contributed by atoms with Crippen LogP contribution in [0.5, 0.6) is 0 Å². The summed E-state index contributed by atoms with van der Waals surface area (Å²) < 4.78 is 0. The van der Waals surface area contributed by atoms with Crippen molar-refractivity contribution in [2.24, 2.45) is 0 Å². The van der Waals surface area contributed by atoms with E-state index in [4.69, 9.17) is 11.6 Å². The number of halogens is 1. The first kappa shape index (κ1) is 24.3. The molecule has 2 aromatic rings. The van der Waals surface area contributed by atoms with Gasteiger partial charge in [-0.25, -0.2) is 0 Å². The fourth-order valence-electron chi connectivity index (χ4n) is 3.11. The van der Waals surface area contributed by atoms with E-state index in [9.17, 15) is 9.59 Å². The molecule has 0 saturated carbocycles. The van der Waals surface area contributed by atoms with Gasteiger partial charge in [0, 0.05) is 23.4 Å². The van der Waals surface area contributed by atoms with Crippen molar-refractivity contribution in [3.63, 3.8) is 0 Å². The summed E-state index contributed by atoms with van der Waals surface area (Å²) in [5.74, 6) is 0.939. The molecule has 0 spiro atoms. The van der Waals surface area contributed by atoms with Gasteiger partial charge >= 0.3 is 0 Å². The number of benzene rings is 2. The molecule has 2 aromatic carbocycles. The Kier molecular flexibility index (Phi) is 9.73. The van der Waals surface area contributed by atoms with Crippen LogP contribution in [0.1, 0.15) is 43.9 Å². The number of rotatable bonds is 10. The highest BCUT2D eigenvalue weighted by molar-refractivity contribution is 7.99. The number of thioether (sulfide) groups is 1. The molecule has 0 aliphatic rings. The van der Waals surface area contributed by atoms with Crippen LogP contribution in [0, 0.1) is 6.92 Å². The van der Waals surface area contributed by atoms with Crippen LogP contribution in [0.25, 0.3) is 0 Å². The quantitative estimate of drug-likeness (QED) is 0.544. The molecule has 2 rings (SSSR count). The minimum atomic E-state index is -0.504. The third kappa shape index (κ3) is 7.69. The molecule has 0 aliphatic carbocycles. The molecule has 1 unspecified atom stereocenters. The van der Waals surface area contributed by atoms with Crippen LogP contribution < -0.4 is 5.32 Å². The second-order valence-electron chi connectivity index (χ2n) is 7.71. The zero-order valence-corrected chi connectivity index (χ0v) is 19.7. The lowest BCUT2D eigenvalue weighted by atomic mass is 10.1. The average molecular weight is 447 g/mol. The van der Waals surface area contributed by atoms with Crippen molar-refractivity contribution in [3.8, 4) is 0 Å². The average Bonchev–Trinajstić information content (AvgIpc) is 2.70. The molecule has 2 amide bonds. The van der Waals surface area contributed by atoms with Gasteiger partial charge in [-0.3, -0.25) is 9.59 Å². The lowest BCUT2D eigenvalue weighted by molar-refractivity contribution is -0.139. The van der Waals surface area contributed by atoms with Crippen LogP contribution in [0.2, 0.25) is 5.02 Å². The topological polar surface area (TPSA) is 49.4 Å². The highest BCUT2D eigenvalue weighted by Gasteiger charge is 2.28. The molecule has 1 N–H and O–H groups in total. The summed E-state index contributed by atoms with van der Waals surface area (Å²) in [6.45, 7) is 8.22. The zero-order chi connectivity index (χ0) is 22.1. The Labute approximate surface area is 189 Å². The van der Waals surface area contributed by atoms with Crippen molar-refractivity contribution in [2.75, 3.05) is 5.75 Å². The zero-order valence-electron chi connectivity index (χ0n) is 18.2. The molecule has 0 saturated heterocycles. The smallest absolute Gasteiger partial charge is 0.243 e. The molecule has 30 heavy (non-hydrogen) atoms. The number of hydrogen-bond donors (Lipinski definition) is 1. The second-order valence-corrected chi connectivity index (χ2v) is 9.14. The maximum Gasteiger partial charge on any atom is 0.243 e. The minimum Gasteiger partial charge on any atom is -0.352 e. The van der Waals surface area contributed by atoms with Gasteiger partial charge in [0.25, 0.3) is 0 Å². The van der Waals surface area contributed by atoms with Gasteiger partial charge in [-0.2, -0.15) is 0 Å². The van der Waals surface area contributed by atoms with E-state index in [-0.39, 0.29) is 17.9 Å². The summed E-state index contributed by atoms with van der Waals surface area (Å²) in [5.41, 5.74) is 3.36. The second kappa shape index (κ2) is 12.0. The normalized spacial score (nSPS) is 11.9. The summed E-state index contributed by atoms with van der Waals surface area (Å²) in [7, 11) is 0. The van der Waals surface area contributed by atoms with Crippen molar-refractivity contribution in [3.05, 3.63) is 70.2 Å². The third-order valence-corrected chi connectivity index (χ3v) is 5.94. The van der Waals surface area contributed by atoms with Crippen molar-refractivity contribution in [1.29, 1.82) is 0 Å². The molecule has 0 heterocycles. The first-order chi connectivity index (χ1) is 14.3. The number of aryl methyl sites for hydroxylation is 1. The highest BCUT2D eigenvalue weighted by atomic mass is 35.5. The SMILES string of the molecule is CCC(C(=O)NC(C)C)N(Cc1ccc(Cl)cc1)C(=O)CSCc1ccc(C)cc1. The van der Waals surface area contributed by atoms with Crippen LogP contribution in [0.3, 0.4) is 0 Å². The fraction of sp³-hybridized carbons (Fsp3) is 0.417. The van der Waals surface area contributed by atoms with Gasteiger partial charge in [-0.15, -0.1) is 11.8 Å². The van der Waals surface area contributed by atoms with Gasteiger partial charge in [-0.1, -0.05) is 60.5 Å². The summed E-state index contributed by atoms with van der Waals surface area (Å²) >= 11 is 7.57. The molecule has 0 aromatic heterocycles. The number of hydrogen-bond acceptors (Lipinski definition) is 3. The van der Waals surface area contributed by atoms with E-state index in [1.165, 1.54) is 11.1 Å². The highest BCUT2D eigenvalue weighted by Crippen LogP contribution is 2.19. The first-order valence-electron chi connectivity index (χ1n) is 10.3. The Hall–Kier alpha value is -1.98. The van der Waals surface area contributed by atoms with E-state index >= 15 is 0 Å². The van der Waals surface area contributed by atoms with Crippen molar-refractivity contribution in [2.45, 2.75) is 58.5 Å². The van der Waals surface area contributed by atoms with Gasteiger partial charge in [0.1, 0.15) is 6.04 Å². The number of carbonyl (C=O) groups excluding carboxylic acids is 2. The number of carbonyl (C=O) groups is 2. The summed E-state index contributed by atoms with van der Waals surface area (Å²) in [5, 5.41) is 3.60. The van der Waals surface area contributed by atoms with E-state index in [1.807, 2.05) is 32.9 Å². The molecular formula is C24H31ClN2O2S. The molecule has 0 bridgehead atoms. The predicted octanol–water partition coefficient (Wildman–Crippen LogP) is 5.21. The van der Waals surface area contributed by atoms with Gasteiger partial charge in [0.2, 0.25) is 11.8 Å². The largest absolute Gasteiger partial charge is 0.352 e. The Morgan fingerprint density at radius 1 is 1.03 bits per heavy atom. The van der Waals surface area contributed by atoms with E-state index in [0.29, 0.717) is 23.7 Å². The number of amides is 2. The van der Waals surface area contributed by atoms with Crippen LogP contribution in [0.15, 0.2) is 48.5 Å². The van der Waals surface area contributed by atoms with E-state index < -0.39 is 6.04 Å². The van der Waals surface area contributed by atoms with Gasteiger partial charge < -0.3 is 10.2 Å². The van der Waals surface area contributed by atoms with Crippen LogP contribution in [-0.2, 0) is 21.9 Å². The Morgan fingerprint density at radius 2 is 1.63 bits per heavy atom. The van der Waals surface area contributed by atoms with Crippen molar-refractivity contribution < 1.29 is 9.59 Å². The maximum atomic E-state index is 13.1. The first-order valence-corrected chi connectivity index (χ1v) is 11.8. The molecule has 0 radical (unpaired) electrons. The Balaban J connectivity index is 2.11. The Morgan fingerprint density at radius 3 is 2.20 bits per heavy atom. The summed E-state index contributed by atoms with van der Waals surface area (Å²) in [6, 6.07) is 15.3. The molecule has 0 aliphatic heterocycles. The van der Waals surface area contributed by atoms with E-state index in [2.05, 4.69) is 36.5 Å². The van der Waals surface area contributed by atoms with Gasteiger partial charge in [0.05, 0.1) is 5.75 Å². The van der Waals surface area contributed by atoms with Gasteiger partial charge in [-0.05, 0) is 50.5 Å². The monoisotopic (exact) mass is 446 g/mol. The molecule has 0 fully saturated rings. The van der Waals surface area contributed by atoms with Crippen LogP contribution >= 0.6 is 23.4 Å². The van der Waals surface area contributed by atoms with Crippen LogP contribution in [0.4, 0.5) is 0 Å². The van der Waals surface area contributed by atoms with Gasteiger partial charge in [0.15, 0.2) is 0 Å². The molecule has 1 atom stereocenters. The third-order valence-electron chi connectivity index (χ3n) is 4.70. The lowest BCUT2D eigenvalue weighted by Gasteiger charge is -2.31. The van der Waals surface area contributed by atoms with Crippen molar-refractivity contribution in [1.82, 2.24) is 10.2 Å². The van der Waals surface area contributed by atoms with Crippen LogP contribution in [-0.4, -0.2) is 34.6 Å². The molecule has 4 nitrogen and oxygen atoms in total. The molecule has 162 valence electrons. The fourth-order valence-corrected chi connectivity index (χ4v) is 4.11. The maximum absolute atomic E-state index is 13.1. The lowest BCUT2D eigenvalue weighted by Crippen LogP contribution is -2.50. The van der Waals surface area contributed by atoms with E-state index in [1.54, 1.807) is 28.8 Å². The Bertz CT molecular complexity index is 822. The molecular weight excluding hydrogens is 416 g/mol. The summed E-state index contributed by atoms with van der Waals surface area (Å²) in [6.07, 6.45) is 0.556. The standard InChI is InChI=1S/C24H31ClN2O2S/c1-5-22(24(29)26-17(2)3)27(14-19-10-12-21(25)13-11-19)23(28)16-30-15-20-8-6-18(4)7-9-20/h6-13,17,22H,5,14-16H2,1-4H3,(H,26,29). The van der Waals surface area contributed by atoms with Crippen molar-refractivity contribution >= 4 is 35.2 Å². The number of nitrogens with one attached hydrogen (secondary N) is 1. The summed E-state index contributed by atoms with van der Waals surface area (Å²) in [4.78, 5) is 27.6. The molecule has 6 heteroatoms. The minimum absolute atomic E-state index is 0.0231. The number of nitrogens with zero attached hydrogens (tertiary/aromatic N) is 1.